The third kappa shape index (κ3) is 5.07. The van der Waals surface area contributed by atoms with Gasteiger partial charge in [0.2, 0.25) is 0 Å². The van der Waals surface area contributed by atoms with E-state index in [0.717, 1.165) is 25.9 Å². The summed E-state index contributed by atoms with van der Waals surface area (Å²) in [5, 5.41) is 2.85. The van der Waals surface area contributed by atoms with Crippen LogP contribution in [0.25, 0.3) is 0 Å². The number of hydrogen-bond acceptors (Lipinski definition) is 3. The number of piperidine rings is 1. The second kappa shape index (κ2) is 6.00. The van der Waals surface area contributed by atoms with Crippen LogP contribution in [0.2, 0.25) is 0 Å². The highest BCUT2D eigenvalue weighted by Gasteiger charge is 2.18. The van der Waals surface area contributed by atoms with Gasteiger partial charge >= 0.3 is 6.09 Å². The topological polar surface area (TPSA) is 41.6 Å². The Labute approximate surface area is 92.8 Å². The predicted octanol–water partition coefficient (Wildman–Crippen LogP) is 0.916. The summed E-state index contributed by atoms with van der Waals surface area (Å²) in [5.74, 6) is 0.377. The van der Waals surface area contributed by atoms with E-state index in [2.05, 4.69) is 5.32 Å². The molecular weight excluding hydrogens is 191 g/mol. The SMILES string of the molecule is [B]N1CCC(NC(=O)OCC(C)C)CC1. The smallest absolute Gasteiger partial charge is 0.407 e. The van der Waals surface area contributed by atoms with Gasteiger partial charge in [-0.15, -0.1) is 0 Å². The molecule has 4 nitrogen and oxygen atoms in total. The monoisotopic (exact) mass is 210 g/mol. The zero-order valence-electron chi connectivity index (χ0n) is 9.53. The van der Waals surface area contributed by atoms with Gasteiger partial charge in [0.25, 0.3) is 0 Å². The van der Waals surface area contributed by atoms with Crippen LogP contribution in [-0.4, -0.2) is 44.6 Å². The average Bonchev–Trinajstić information content (AvgIpc) is 2.19. The van der Waals surface area contributed by atoms with Crippen molar-refractivity contribution < 1.29 is 9.53 Å². The predicted molar refractivity (Wildman–Crippen MR) is 59.7 cm³/mol. The molecule has 2 radical (unpaired) electrons. The van der Waals surface area contributed by atoms with Crippen molar-refractivity contribution in [1.29, 1.82) is 0 Å². The Balaban J connectivity index is 2.15. The lowest BCUT2D eigenvalue weighted by Crippen LogP contribution is -2.44. The molecule has 0 atom stereocenters. The molecule has 0 aromatic rings. The maximum Gasteiger partial charge on any atom is 0.407 e. The summed E-state index contributed by atoms with van der Waals surface area (Å²) < 4.78 is 5.04. The number of carbonyl (C=O) groups excluding carboxylic acids is 1. The number of ether oxygens (including phenoxy) is 1. The van der Waals surface area contributed by atoms with Crippen LogP contribution in [-0.2, 0) is 4.74 Å². The zero-order chi connectivity index (χ0) is 11.3. The molecule has 0 bridgehead atoms. The molecule has 0 saturated carbocycles. The van der Waals surface area contributed by atoms with E-state index in [0.29, 0.717) is 12.5 Å². The molecule has 0 aliphatic carbocycles. The van der Waals surface area contributed by atoms with Crippen molar-refractivity contribution in [3.05, 3.63) is 0 Å². The molecule has 1 aliphatic rings. The van der Waals surface area contributed by atoms with E-state index in [9.17, 15) is 4.79 Å². The van der Waals surface area contributed by atoms with E-state index in [1.807, 2.05) is 13.8 Å². The van der Waals surface area contributed by atoms with E-state index in [4.69, 9.17) is 12.7 Å². The minimum absolute atomic E-state index is 0.212. The Hall–Kier alpha value is -0.705. The summed E-state index contributed by atoms with van der Waals surface area (Å²) >= 11 is 0. The molecule has 1 rings (SSSR count). The number of nitrogens with one attached hydrogen (secondary N) is 1. The Morgan fingerprint density at radius 3 is 2.67 bits per heavy atom. The number of hydrogen-bond donors (Lipinski definition) is 1. The third-order valence-electron chi connectivity index (χ3n) is 2.40. The molecule has 0 aromatic carbocycles. The first-order valence-electron chi connectivity index (χ1n) is 5.51. The van der Waals surface area contributed by atoms with E-state index in [1.165, 1.54) is 0 Å². The Kier molecular flexibility index (Phi) is 4.95. The second-order valence-corrected chi connectivity index (χ2v) is 4.45. The van der Waals surface area contributed by atoms with Crippen LogP contribution in [0.4, 0.5) is 4.79 Å². The second-order valence-electron chi connectivity index (χ2n) is 4.45. The van der Waals surface area contributed by atoms with Gasteiger partial charge in [0.1, 0.15) is 0 Å². The van der Waals surface area contributed by atoms with Gasteiger partial charge in [0, 0.05) is 6.04 Å². The lowest BCUT2D eigenvalue weighted by atomic mass is 10.0. The van der Waals surface area contributed by atoms with Crippen molar-refractivity contribution >= 4 is 14.1 Å². The van der Waals surface area contributed by atoms with Gasteiger partial charge in [-0.3, -0.25) is 0 Å². The van der Waals surface area contributed by atoms with Crippen LogP contribution in [0.5, 0.6) is 0 Å². The lowest BCUT2D eigenvalue weighted by Gasteiger charge is -2.29. The summed E-state index contributed by atoms with van der Waals surface area (Å²) in [6, 6.07) is 0.212. The number of carbonyl (C=O) groups is 1. The number of nitrogens with zero attached hydrogens (tertiary/aromatic N) is 1. The minimum Gasteiger partial charge on any atom is -0.449 e. The van der Waals surface area contributed by atoms with Gasteiger partial charge in [-0.25, -0.2) is 4.79 Å². The molecule has 0 aromatic heterocycles. The fraction of sp³-hybridized carbons (Fsp3) is 0.900. The molecule has 1 amide bonds. The maximum atomic E-state index is 11.3. The fourth-order valence-electron chi connectivity index (χ4n) is 1.49. The summed E-state index contributed by atoms with van der Waals surface area (Å²) in [5.41, 5.74) is 0. The van der Waals surface area contributed by atoms with E-state index in [1.54, 1.807) is 4.81 Å². The van der Waals surface area contributed by atoms with Crippen molar-refractivity contribution in [2.24, 2.45) is 5.92 Å². The Bertz CT molecular complexity index is 204. The quantitative estimate of drug-likeness (QED) is 0.704. The van der Waals surface area contributed by atoms with E-state index in [-0.39, 0.29) is 12.1 Å². The van der Waals surface area contributed by atoms with Crippen molar-refractivity contribution in [3.8, 4) is 0 Å². The number of alkyl carbamates (subject to hydrolysis) is 1. The Morgan fingerprint density at radius 2 is 2.13 bits per heavy atom. The van der Waals surface area contributed by atoms with Crippen LogP contribution in [0, 0.1) is 5.92 Å². The van der Waals surface area contributed by atoms with Crippen molar-refractivity contribution in [2.75, 3.05) is 19.7 Å². The molecule has 1 fully saturated rings. The molecule has 1 heterocycles. The van der Waals surface area contributed by atoms with Crippen LogP contribution in [0.1, 0.15) is 26.7 Å². The normalized spacial score (nSPS) is 19.1. The fourth-order valence-corrected chi connectivity index (χ4v) is 1.49. The minimum atomic E-state index is -0.306. The average molecular weight is 210 g/mol. The molecule has 0 spiro atoms. The first kappa shape index (κ1) is 12.4. The van der Waals surface area contributed by atoms with Gasteiger partial charge in [-0.2, -0.15) is 0 Å². The molecule has 5 heteroatoms. The molecule has 84 valence electrons. The van der Waals surface area contributed by atoms with Crippen molar-refractivity contribution in [2.45, 2.75) is 32.7 Å². The van der Waals surface area contributed by atoms with Gasteiger partial charge in [-0.05, 0) is 31.8 Å². The summed E-state index contributed by atoms with van der Waals surface area (Å²) in [6.07, 6.45) is 1.49. The van der Waals surface area contributed by atoms with Crippen molar-refractivity contribution in [3.63, 3.8) is 0 Å². The zero-order valence-corrected chi connectivity index (χ0v) is 9.53. The van der Waals surface area contributed by atoms with Gasteiger partial charge < -0.3 is 14.9 Å². The number of rotatable bonds is 3. The maximum absolute atomic E-state index is 11.3. The van der Waals surface area contributed by atoms with Gasteiger partial charge in [0.15, 0.2) is 7.98 Å². The first-order chi connectivity index (χ1) is 7.08. The molecule has 15 heavy (non-hydrogen) atoms. The van der Waals surface area contributed by atoms with Gasteiger partial charge in [-0.1, -0.05) is 13.8 Å². The van der Waals surface area contributed by atoms with Crippen LogP contribution in [0.15, 0.2) is 0 Å². The molecule has 1 saturated heterocycles. The standard InChI is InChI=1S/C10H19BN2O2/c1-8(2)7-15-10(14)12-9-3-5-13(11)6-4-9/h8-9H,3-7H2,1-2H3,(H,12,14). The third-order valence-corrected chi connectivity index (χ3v) is 2.40. The largest absolute Gasteiger partial charge is 0.449 e. The summed E-state index contributed by atoms with van der Waals surface area (Å²) in [6.45, 7) is 6.16. The number of amides is 1. The van der Waals surface area contributed by atoms with E-state index >= 15 is 0 Å². The highest BCUT2D eigenvalue weighted by Crippen LogP contribution is 2.07. The van der Waals surface area contributed by atoms with Gasteiger partial charge in [0.05, 0.1) is 6.61 Å². The summed E-state index contributed by atoms with van der Waals surface area (Å²) in [7, 11) is 5.62. The summed E-state index contributed by atoms with van der Waals surface area (Å²) in [4.78, 5) is 13.1. The molecular formula is C10H19BN2O2. The lowest BCUT2D eigenvalue weighted by molar-refractivity contribution is 0.125. The van der Waals surface area contributed by atoms with Crippen molar-refractivity contribution in [1.82, 2.24) is 10.1 Å². The molecule has 0 unspecified atom stereocenters. The van der Waals surface area contributed by atoms with E-state index < -0.39 is 0 Å². The van der Waals surface area contributed by atoms with Crippen LogP contribution in [0.3, 0.4) is 0 Å². The highest BCUT2D eigenvalue weighted by molar-refractivity contribution is 6.04. The molecule has 1 aliphatic heterocycles. The van der Waals surface area contributed by atoms with Crippen LogP contribution < -0.4 is 5.32 Å². The van der Waals surface area contributed by atoms with Crippen LogP contribution >= 0.6 is 0 Å². The Morgan fingerprint density at radius 1 is 1.53 bits per heavy atom. The highest BCUT2D eigenvalue weighted by atomic mass is 16.5. The molecule has 1 N–H and O–H groups in total. The first-order valence-corrected chi connectivity index (χ1v) is 5.51.